The maximum absolute atomic E-state index is 12.0. The molecule has 1 aliphatic heterocycles. The van der Waals surface area contributed by atoms with Gasteiger partial charge in [0.2, 0.25) is 0 Å². The van der Waals surface area contributed by atoms with Crippen molar-refractivity contribution in [2.24, 2.45) is 0 Å². The molecule has 0 aliphatic carbocycles. The van der Waals surface area contributed by atoms with Crippen molar-refractivity contribution in [2.45, 2.75) is 0 Å². The zero-order valence-corrected chi connectivity index (χ0v) is 14.5. The minimum Gasteiger partial charge on any atom is -0.482 e. The van der Waals surface area contributed by atoms with Gasteiger partial charge in [-0.15, -0.1) is 0 Å². The van der Waals surface area contributed by atoms with Gasteiger partial charge in [-0.05, 0) is 42.5 Å². The van der Waals surface area contributed by atoms with Gasteiger partial charge in [-0.2, -0.15) is 0 Å². The Hall–Kier alpha value is -2.44. The van der Waals surface area contributed by atoms with E-state index in [-0.39, 0.29) is 18.6 Å². The largest absolute Gasteiger partial charge is 0.482 e. The molecule has 3 rings (SSSR count). The fraction of sp³-hybridized carbons (Fsp3) is 0.176. The number of rotatable bonds is 5. The Morgan fingerprint density at radius 1 is 1.20 bits per heavy atom. The topological polar surface area (TPSA) is 67.9 Å². The molecule has 0 unspecified atom stereocenters. The molecule has 6 nitrogen and oxygen atoms in total. The lowest BCUT2D eigenvalue weighted by molar-refractivity contribution is -0.118. The van der Waals surface area contributed by atoms with Gasteiger partial charge in [-0.1, -0.05) is 23.2 Å². The third-order valence-electron chi connectivity index (χ3n) is 3.48. The van der Waals surface area contributed by atoms with E-state index in [2.05, 4.69) is 5.32 Å². The Labute approximate surface area is 154 Å². The first-order valence-corrected chi connectivity index (χ1v) is 8.20. The molecular weight excluding hydrogens is 367 g/mol. The number of nitrogens with one attached hydrogen (secondary N) is 1. The summed E-state index contributed by atoms with van der Waals surface area (Å²) in [7, 11) is 0. The van der Waals surface area contributed by atoms with Gasteiger partial charge in [-0.25, -0.2) is 4.79 Å². The van der Waals surface area contributed by atoms with E-state index in [1.807, 2.05) is 0 Å². The average molecular weight is 381 g/mol. The van der Waals surface area contributed by atoms with E-state index in [0.29, 0.717) is 40.3 Å². The van der Waals surface area contributed by atoms with Crippen molar-refractivity contribution in [3.8, 4) is 5.75 Å². The lowest BCUT2D eigenvalue weighted by atomic mass is 10.2. The summed E-state index contributed by atoms with van der Waals surface area (Å²) in [6, 6.07) is 11.6. The number of nitrogens with zero attached hydrogens (tertiary/aromatic N) is 1. The van der Waals surface area contributed by atoms with Crippen LogP contribution >= 0.6 is 23.2 Å². The molecule has 130 valence electrons. The summed E-state index contributed by atoms with van der Waals surface area (Å²) in [4.78, 5) is 25.0. The normalized spacial score (nSPS) is 13.5. The lowest BCUT2D eigenvalue weighted by Gasteiger charge is -2.13. The second kappa shape index (κ2) is 7.63. The van der Waals surface area contributed by atoms with Crippen LogP contribution in [0, 0.1) is 0 Å². The molecule has 1 heterocycles. The van der Waals surface area contributed by atoms with Gasteiger partial charge in [0.1, 0.15) is 12.4 Å². The van der Waals surface area contributed by atoms with Crippen molar-refractivity contribution in [3.05, 3.63) is 52.5 Å². The van der Waals surface area contributed by atoms with E-state index in [1.54, 1.807) is 42.5 Å². The van der Waals surface area contributed by atoms with Crippen LogP contribution in [0.4, 0.5) is 16.2 Å². The summed E-state index contributed by atoms with van der Waals surface area (Å²) in [5.41, 5.74) is 1.30. The van der Waals surface area contributed by atoms with Crippen LogP contribution in [-0.4, -0.2) is 31.8 Å². The molecule has 0 aromatic heterocycles. The minimum absolute atomic E-state index is 0.193. The molecule has 1 N–H and O–H groups in total. The van der Waals surface area contributed by atoms with E-state index in [9.17, 15) is 9.59 Å². The molecule has 1 saturated heterocycles. The number of halogens is 2. The minimum atomic E-state index is -0.370. The van der Waals surface area contributed by atoms with Gasteiger partial charge in [0.05, 0.1) is 11.6 Å². The van der Waals surface area contributed by atoms with Crippen LogP contribution in [0.1, 0.15) is 0 Å². The SMILES string of the molecule is O=C(COc1ccc(Cl)cc1Cl)Nc1ccc(N2CCOC2=O)cc1. The van der Waals surface area contributed by atoms with Crippen molar-refractivity contribution >= 4 is 46.6 Å². The summed E-state index contributed by atoms with van der Waals surface area (Å²) < 4.78 is 10.3. The predicted octanol–water partition coefficient (Wildman–Crippen LogP) is 3.97. The van der Waals surface area contributed by atoms with Gasteiger partial charge in [0.25, 0.3) is 5.91 Å². The first-order chi connectivity index (χ1) is 12.0. The fourth-order valence-corrected chi connectivity index (χ4v) is 2.75. The molecule has 2 aromatic carbocycles. The summed E-state index contributed by atoms with van der Waals surface area (Å²) in [5, 5.41) is 3.53. The second-order valence-corrected chi connectivity index (χ2v) is 6.07. The Balaban J connectivity index is 1.55. The van der Waals surface area contributed by atoms with Crippen molar-refractivity contribution in [3.63, 3.8) is 0 Å². The number of amides is 2. The Bertz CT molecular complexity index is 796. The maximum Gasteiger partial charge on any atom is 0.414 e. The molecular formula is C17H14Cl2N2O4. The number of anilines is 2. The third kappa shape index (κ3) is 4.35. The fourth-order valence-electron chi connectivity index (χ4n) is 2.29. The predicted molar refractivity (Wildman–Crippen MR) is 95.7 cm³/mol. The van der Waals surface area contributed by atoms with Crippen LogP contribution < -0.4 is 15.0 Å². The molecule has 0 bridgehead atoms. The van der Waals surface area contributed by atoms with E-state index in [1.165, 1.54) is 4.90 Å². The van der Waals surface area contributed by atoms with Gasteiger partial charge in [0, 0.05) is 16.4 Å². The van der Waals surface area contributed by atoms with E-state index < -0.39 is 0 Å². The maximum atomic E-state index is 12.0. The molecule has 0 spiro atoms. The monoisotopic (exact) mass is 380 g/mol. The van der Waals surface area contributed by atoms with Gasteiger partial charge in [-0.3, -0.25) is 9.69 Å². The Kier molecular flexibility index (Phi) is 5.31. The van der Waals surface area contributed by atoms with Crippen LogP contribution in [0.5, 0.6) is 5.75 Å². The van der Waals surface area contributed by atoms with Crippen molar-refractivity contribution < 1.29 is 19.1 Å². The molecule has 1 aliphatic rings. The molecule has 8 heteroatoms. The third-order valence-corrected chi connectivity index (χ3v) is 4.01. The second-order valence-electron chi connectivity index (χ2n) is 5.22. The number of carbonyl (C=O) groups is 2. The molecule has 2 amide bonds. The highest BCUT2D eigenvalue weighted by molar-refractivity contribution is 6.35. The van der Waals surface area contributed by atoms with Gasteiger partial charge in [0.15, 0.2) is 6.61 Å². The summed E-state index contributed by atoms with van der Waals surface area (Å²) >= 11 is 11.8. The number of hydrogen-bond acceptors (Lipinski definition) is 4. The van der Waals surface area contributed by atoms with Crippen LogP contribution in [0.3, 0.4) is 0 Å². The van der Waals surface area contributed by atoms with Crippen LogP contribution in [-0.2, 0) is 9.53 Å². The smallest absolute Gasteiger partial charge is 0.414 e. The highest BCUT2D eigenvalue weighted by Crippen LogP contribution is 2.27. The number of carbonyl (C=O) groups excluding carboxylic acids is 2. The number of cyclic esters (lactones) is 1. The zero-order chi connectivity index (χ0) is 17.8. The molecule has 25 heavy (non-hydrogen) atoms. The average Bonchev–Trinajstić information content (AvgIpc) is 3.01. The standard InChI is InChI=1S/C17H14Cl2N2O4/c18-11-1-6-15(14(19)9-11)25-10-16(22)20-12-2-4-13(5-3-12)21-7-8-24-17(21)23/h1-6,9H,7-8,10H2,(H,20,22). The van der Waals surface area contributed by atoms with E-state index >= 15 is 0 Å². The number of benzene rings is 2. The molecule has 1 fully saturated rings. The summed E-state index contributed by atoms with van der Waals surface area (Å²) in [6.45, 7) is 0.698. The molecule has 0 atom stereocenters. The van der Waals surface area contributed by atoms with Gasteiger partial charge >= 0.3 is 6.09 Å². The first kappa shape index (κ1) is 17.4. The molecule has 0 saturated carbocycles. The summed E-state index contributed by atoms with van der Waals surface area (Å²) in [6.07, 6.45) is -0.370. The highest BCUT2D eigenvalue weighted by Gasteiger charge is 2.23. The van der Waals surface area contributed by atoms with Crippen LogP contribution in [0.15, 0.2) is 42.5 Å². The van der Waals surface area contributed by atoms with Crippen molar-refractivity contribution in [2.75, 3.05) is 30.0 Å². The van der Waals surface area contributed by atoms with Crippen LogP contribution in [0.2, 0.25) is 10.0 Å². The lowest BCUT2D eigenvalue weighted by Crippen LogP contribution is -2.23. The highest BCUT2D eigenvalue weighted by atomic mass is 35.5. The number of ether oxygens (including phenoxy) is 2. The molecule has 2 aromatic rings. The Morgan fingerprint density at radius 2 is 1.96 bits per heavy atom. The van der Waals surface area contributed by atoms with Crippen molar-refractivity contribution in [1.29, 1.82) is 0 Å². The van der Waals surface area contributed by atoms with Crippen molar-refractivity contribution in [1.82, 2.24) is 0 Å². The molecule has 0 radical (unpaired) electrons. The quantitative estimate of drug-likeness (QED) is 0.851. The van der Waals surface area contributed by atoms with E-state index in [4.69, 9.17) is 32.7 Å². The van der Waals surface area contributed by atoms with E-state index in [0.717, 1.165) is 0 Å². The number of hydrogen-bond donors (Lipinski definition) is 1. The van der Waals surface area contributed by atoms with Crippen LogP contribution in [0.25, 0.3) is 0 Å². The Morgan fingerprint density at radius 3 is 2.60 bits per heavy atom. The summed E-state index contributed by atoms with van der Waals surface area (Å²) in [5.74, 6) is 0.0449. The first-order valence-electron chi connectivity index (χ1n) is 7.45. The van der Waals surface area contributed by atoms with Gasteiger partial charge < -0.3 is 14.8 Å². The zero-order valence-electron chi connectivity index (χ0n) is 13.0.